The number of benzene rings is 1. The van der Waals surface area contributed by atoms with Gasteiger partial charge in [0.05, 0.1) is 30.6 Å². The fraction of sp³-hybridized carbons (Fsp3) is 0.231. The average Bonchev–Trinajstić information content (AvgIpc) is 2.80. The van der Waals surface area contributed by atoms with Crippen LogP contribution < -0.4 is 14.8 Å². The standard InChI is InChI=1S/C13H12ClN3O2S/c1-7-8(6-15)13(20-17-7)16-10-5-11(18-2)9(14)4-12(10)19-3/h4-5,16H,1-3H3. The summed E-state index contributed by atoms with van der Waals surface area (Å²) >= 11 is 7.27. The normalized spacial score (nSPS) is 9.95. The van der Waals surface area contributed by atoms with Crippen LogP contribution in [0.1, 0.15) is 11.3 Å². The van der Waals surface area contributed by atoms with Crippen molar-refractivity contribution in [2.75, 3.05) is 19.5 Å². The number of methoxy groups -OCH3 is 2. The van der Waals surface area contributed by atoms with Crippen molar-refractivity contribution in [3.05, 3.63) is 28.4 Å². The fourth-order valence-electron chi connectivity index (χ4n) is 1.67. The third-order valence-electron chi connectivity index (χ3n) is 2.70. The maximum absolute atomic E-state index is 9.14. The molecule has 7 heteroatoms. The molecule has 0 bridgehead atoms. The van der Waals surface area contributed by atoms with Crippen molar-refractivity contribution in [3.63, 3.8) is 0 Å². The summed E-state index contributed by atoms with van der Waals surface area (Å²) < 4.78 is 14.6. The summed E-state index contributed by atoms with van der Waals surface area (Å²) in [5.74, 6) is 1.08. The van der Waals surface area contributed by atoms with E-state index in [1.54, 1.807) is 26.2 Å². The molecular formula is C13H12ClN3O2S. The number of halogens is 1. The summed E-state index contributed by atoms with van der Waals surface area (Å²) in [6, 6.07) is 5.50. The Morgan fingerprint density at radius 2 is 2.00 bits per heavy atom. The van der Waals surface area contributed by atoms with Crippen LogP contribution in [0.5, 0.6) is 11.5 Å². The van der Waals surface area contributed by atoms with Gasteiger partial charge in [0.1, 0.15) is 28.1 Å². The highest BCUT2D eigenvalue weighted by Gasteiger charge is 2.14. The van der Waals surface area contributed by atoms with Crippen LogP contribution >= 0.6 is 23.1 Å². The van der Waals surface area contributed by atoms with Crippen molar-refractivity contribution in [2.24, 2.45) is 0 Å². The number of hydrogen-bond acceptors (Lipinski definition) is 6. The molecule has 1 aromatic heterocycles. The molecule has 5 nitrogen and oxygen atoms in total. The van der Waals surface area contributed by atoms with Gasteiger partial charge in [-0.2, -0.15) is 9.64 Å². The maximum atomic E-state index is 9.14. The number of nitriles is 1. The number of aromatic nitrogens is 1. The van der Waals surface area contributed by atoms with E-state index >= 15 is 0 Å². The van der Waals surface area contributed by atoms with E-state index < -0.39 is 0 Å². The van der Waals surface area contributed by atoms with E-state index in [1.807, 2.05) is 0 Å². The molecule has 20 heavy (non-hydrogen) atoms. The van der Waals surface area contributed by atoms with Crippen LogP contribution in [0.3, 0.4) is 0 Å². The van der Waals surface area contributed by atoms with Gasteiger partial charge in [-0.05, 0) is 18.5 Å². The Balaban J connectivity index is 2.45. The predicted molar refractivity (Wildman–Crippen MR) is 79.4 cm³/mol. The third-order valence-corrected chi connectivity index (χ3v) is 3.85. The van der Waals surface area contributed by atoms with Crippen LogP contribution in [0.25, 0.3) is 0 Å². The Hall–Kier alpha value is -1.97. The number of nitrogens with one attached hydrogen (secondary N) is 1. The molecule has 1 N–H and O–H groups in total. The summed E-state index contributed by atoms with van der Waals surface area (Å²) in [5.41, 5.74) is 1.87. The predicted octanol–water partition coefficient (Wildman–Crippen LogP) is 3.74. The van der Waals surface area contributed by atoms with Crippen LogP contribution in [0, 0.1) is 18.3 Å². The first kappa shape index (κ1) is 14.4. The first-order chi connectivity index (χ1) is 9.60. The van der Waals surface area contributed by atoms with Crippen LogP contribution in [-0.4, -0.2) is 18.6 Å². The molecule has 0 atom stereocenters. The molecule has 0 spiro atoms. The lowest BCUT2D eigenvalue weighted by Crippen LogP contribution is -1.96. The zero-order valence-corrected chi connectivity index (χ0v) is 12.7. The average molecular weight is 310 g/mol. The Bertz CT molecular complexity index is 679. The van der Waals surface area contributed by atoms with E-state index in [2.05, 4.69) is 15.8 Å². The van der Waals surface area contributed by atoms with Crippen LogP contribution in [0.2, 0.25) is 5.02 Å². The summed E-state index contributed by atoms with van der Waals surface area (Å²) in [6.07, 6.45) is 0. The second-order valence-corrected chi connectivity index (χ2v) is 5.08. The monoisotopic (exact) mass is 309 g/mol. The molecule has 0 saturated heterocycles. The smallest absolute Gasteiger partial charge is 0.144 e. The first-order valence-electron chi connectivity index (χ1n) is 5.65. The second-order valence-electron chi connectivity index (χ2n) is 3.90. The lowest BCUT2D eigenvalue weighted by molar-refractivity contribution is 0.405. The summed E-state index contributed by atoms with van der Waals surface area (Å²) in [7, 11) is 3.08. The number of hydrogen-bond donors (Lipinski definition) is 1. The van der Waals surface area contributed by atoms with E-state index in [0.717, 1.165) is 0 Å². The van der Waals surface area contributed by atoms with E-state index in [-0.39, 0.29) is 0 Å². The second kappa shape index (κ2) is 5.99. The molecule has 1 aromatic carbocycles. The minimum absolute atomic E-state index is 0.455. The van der Waals surface area contributed by atoms with E-state index in [9.17, 15) is 0 Å². The minimum atomic E-state index is 0.455. The Morgan fingerprint density at radius 3 is 2.60 bits per heavy atom. The molecular weight excluding hydrogens is 298 g/mol. The SMILES string of the molecule is COc1cc(Nc2snc(C)c2C#N)c(OC)cc1Cl. The van der Waals surface area contributed by atoms with Crippen molar-refractivity contribution in [1.29, 1.82) is 5.26 Å². The molecule has 2 aromatic rings. The minimum Gasteiger partial charge on any atom is -0.495 e. The Morgan fingerprint density at radius 1 is 1.30 bits per heavy atom. The van der Waals surface area contributed by atoms with E-state index in [0.29, 0.717) is 38.5 Å². The quantitative estimate of drug-likeness (QED) is 0.932. The van der Waals surface area contributed by atoms with E-state index in [1.165, 1.54) is 18.6 Å². The van der Waals surface area contributed by atoms with Crippen molar-refractivity contribution in [3.8, 4) is 17.6 Å². The maximum Gasteiger partial charge on any atom is 0.144 e. The van der Waals surface area contributed by atoms with Gasteiger partial charge >= 0.3 is 0 Å². The molecule has 0 aliphatic rings. The molecule has 0 unspecified atom stereocenters. The number of aryl methyl sites for hydroxylation is 1. The molecule has 2 rings (SSSR count). The highest BCUT2D eigenvalue weighted by Crippen LogP contribution is 2.38. The molecule has 0 fully saturated rings. The van der Waals surface area contributed by atoms with Gasteiger partial charge in [0, 0.05) is 12.1 Å². The summed E-state index contributed by atoms with van der Waals surface area (Å²) in [4.78, 5) is 0. The molecule has 0 amide bonds. The molecule has 1 heterocycles. The summed E-state index contributed by atoms with van der Waals surface area (Å²) in [5, 5.41) is 13.4. The lowest BCUT2D eigenvalue weighted by Gasteiger charge is -2.13. The zero-order valence-electron chi connectivity index (χ0n) is 11.2. The highest BCUT2D eigenvalue weighted by molar-refractivity contribution is 7.10. The number of ether oxygens (including phenoxy) is 2. The number of rotatable bonds is 4. The number of anilines is 2. The van der Waals surface area contributed by atoms with E-state index in [4.69, 9.17) is 26.3 Å². The Labute approximate surface area is 125 Å². The van der Waals surface area contributed by atoms with Crippen LogP contribution in [0.4, 0.5) is 10.7 Å². The molecule has 0 aliphatic heterocycles. The zero-order chi connectivity index (χ0) is 14.7. The first-order valence-corrected chi connectivity index (χ1v) is 6.80. The topological polar surface area (TPSA) is 67.2 Å². The highest BCUT2D eigenvalue weighted by atomic mass is 35.5. The number of nitrogens with zero attached hydrogens (tertiary/aromatic N) is 2. The van der Waals surface area contributed by atoms with Gasteiger partial charge in [0.2, 0.25) is 0 Å². The van der Waals surface area contributed by atoms with Gasteiger partial charge in [-0.1, -0.05) is 11.6 Å². The van der Waals surface area contributed by atoms with Gasteiger partial charge in [-0.25, -0.2) is 0 Å². The van der Waals surface area contributed by atoms with Gasteiger partial charge in [-0.3, -0.25) is 0 Å². The van der Waals surface area contributed by atoms with Crippen molar-refractivity contribution >= 4 is 33.8 Å². The van der Waals surface area contributed by atoms with Gasteiger partial charge < -0.3 is 14.8 Å². The lowest BCUT2D eigenvalue weighted by atomic mass is 10.2. The van der Waals surface area contributed by atoms with Gasteiger partial charge in [0.15, 0.2) is 0 Å². The largest absolute Gasteiger partial charge is 0.495 e. The van der Waals surface area contributed by atoms with Crippen LogP contribution in [-0.2, 0) is 0 Å². The van der Waals surface area contributed by atoms with Crippen molar-refractivity contribution < 1.29 is 9.47 Å². The third kappa shape index (κ3) is 2.64. The van der Waals surface area contributed by atoms with Crippen LogP contribution in [0.15, 0.2) is 12.1 Å². The van der Waals surface area contributed by atoms with Crippen molar-refractivity contribution in [1.82, 2.24) is 4.37 Å². The molecule has 0 radical (unpaired) electrons. The van der Waals surface area contributed by atoms with Gasteiger partial charge in [-0.15, -0.1) is 0 Å². The Kier molecular flexibility index (Phi) is 4.32. The van der Waals surface area contributed by atoms with Crippen molar-refractivity contribution in [2.45, 2.75) is 6.92 Å². The molecule has 0 aliphatic carbocycles. The molecule has 104 valence electrons. The fourth-order valence-corrected chi connectivity index (χ4v) is 2.66. The summed E-state index contributed by atoms with van der Waals surface area (Å²) in [6.45, 7) is 1.79. The van der Waals surface area contributed by atoms with Gasteiger partial charge in [0.25, 0.3) is 0 Å². The molecule has 0 saturated carbocycles.